The second-order valence-electron chi connectivity index (χ2n) is 7.08. The molecule has 1 aromatic heterocycles. The van der Waals surface area contributed by atoms with E-state index in [4.69, 9.17) is 13.9 Å². The summed E-state index contributed by atoms with van der Waals surface area (Å²) in [6.07, 6.45) is 3.09. The molecule has 0 radical (unpaired) electrons. The molecule has 158 valence electrons. The maximum atomic E-state index is 13.4. The molecule has 30 heavy (non-hydrogen) atoms. The molecule has 0 N–H and O–H groups in total. The molecule has 1 aliphatic heterocycles. The third kappa shape index (κ3) is 3.87. The second-order valence-corrected chi connectivity index (χ2v) is 8.95. The highest BCUT2D eigenvalue weighted by Gasteiger charge is 2.32. The molecular weight excluding hydrogens is 404 g/mol. The van der Waals surface area contributed by atoms with Gasteiger partial charge in [0.25, 0.3) is 0 Å². The maximum Gasteiger partial charge on any atom is 0.236 e. The second kappa shape index (κ2) is 8.39. The first-order valence-corrected chi connectivity index (χ1v) is 11.3. The van der Waals surface area contributed by atoms with Gasteiger partial charge in [0.1, 0.15) is 11.5 Å². The molecule has 1 aliphatic rings. The molecule has 0 spiro atoms. The summed E-state index contributed by atoms with van der Waals surface area (Å²) < 4.78 is 43.2. The van der Waals surface area contributed by atoms with Crippen LogP contribution in [0.3, 0.4) is 0 Å². The van der Waals surface area contributed by atoms with Crippen LogP contribution in [0.25, 0.3) is 11.5 Å². The zero-order valence-electron chi connectivity index (χ0n) is 17.0. The van der Waals surface area contributed by atoms with Crippen LogP contribution in [-0.2, 0) is 9.84 Å². The van der Waals surface area contributed by atoms with E-state index in [0.29, 0.717) is 22.9 Å². The summed E-state index contributed by atoms with van der Waals surface area (Å²) in [5.74, 6) is 1.86. The van der Waals surface area contributed by atoms with Crippen molar-refractivity contribution < 1.29 is 22.3 Å². The molecule has 4 rings (SSSR count). The zero-order chi connectivity index (χ0) is 21.1. The number of nitrogens with zero attached hydrogens (tertiary/aromatic N) is 2. The van der Waals surface area contributed by atoms with Crippen LogP contribution in [-0.4, -0.2) is 40.7 Å². The van der Waals surface area contributed by atoms with E-state index in [1.54, 1.807) is 43.5 Å². The van der Waals surface area contributed by atoms with Crippen molar-refractivity contribution in [2.24, 2.45) is 0 Å². The van der Waals surface area contributed by atoms with Crippen molar-refractivity contribution in [2.45, 2.75) is 29.2 Å². The van der Waals surface area contributed by atoms with Crippen LogP contribution in [0.4, 0.5) is 5.88 Å². The van der Waals surface area contributed by atoms with Crippen LogP contribution in [0.2, 0.25) is 0 Å². The number of ether oxygens (including phenoxy) is 2. The van der Waals surface area contributed by atoms with Gasteiger partial charge in [-0.25, -0.2) is 8.42 Å². The Labute approximate surface area is 176 Å². The minimum atomic E-state index is -3.87. The summed E-state index contributed by atoms with van der Waals surface area (Å²) in [4.78, 5) is 6.55. The quantitative estimate of drug-likeness (QED) is 0.582. The fourth-order valence-corrected chi connectivity index (χ4v) is 4.81. The van der Waals surface area contributed by atoms with Gasteiger partial charge in [0, 0.05) is 18.7 Å². The normalized spacial score (nSPS) is 14.5. The number of sulfone groups is 1. The van der Waals surface area contributed by atoms with Crippen molar-refractivity contribution in [3.05, 3.63) is 48.5 Å². The standard InChI is InChI=1S/C22H24N2O5S/c1-27-17-8-6-16(7-9-17)20-23-21(22(29-20)24-14-4-3-5-15-24)30(25,26)19-12-10-18(28-2)11-13-19/h6-13H,3-5,14-15H2,1-2H3. The Morgan fingerprint density at radius 1 is 0.867 bits per heavy atom. The average molecular weight is 429 g/mol. The smallest absolute Gasteiger partial charge is 0.236 e. The predicted molar refractivity (Wildman–Crippen MR) is 113 cm³/mol. The molecule has 2 aromatic carbocycles. The number of benzene rings is 2. The van der Waals surface area contributed by atoms with Gasteiger partial charge in [0.2, 0.25) is 26.6 Å². The molecule has 0 unspecified atom stereocenters. The molecule has 1 fully saturated rings. The van der Waals surface area contributed by atoms with Crippen LogP contribution >= 0.6 is 0 Å². The molecule has 1 saturated heterocycles. The van der Waals surface area contributed by atoms with Crippen molar-refractivity contribution in [2.75, 3.05) is 32.2 Å². The van der Waals surface area contributed by atoms with Gasteiger partial charge in [-0.1, -0.05) is 0 Å². The molecule has 0 amide bonds. The van der Waals surface area contributed by atoms with Crippen molar-refractivity contribution in [1.82, 2.24) is 4.98 Å². The van der Waals surface area contributed by atoms with Crippen LogP contribution in [0.1, 0.15) is 19.3 Å². The van der Waals surface area contributed by atoms with Crippen molar-refractivity contribution in [3.8, 4) is 23.0 Å². The highest BCUT2D eigenvalue weighted by atomic mass is 32.2. The lowest BCUT2D eigenvalue weighted by molar-refractivity contribution is 0.414. The number of hydrogen-bond donors (Lipinski definition) is 0. The summed E-state index contributed by atoms with van der Waals surface area (Å²) in [5.41, 5.74) is 0.685. The molecule has 8 heteroatoms. The van der Waals surface area contributed by atoms with Crippen LogP contribution in [0, 0.1) is 0 Å². The van der Waals surface area contributed by atoms with Crippen LogP contribution in [0.5, 0.6) is 11.5 Å². The number of anilines is 1. The molecule has 3 aromatic rings. The van der Waals surface area contributed by atoms with Gasteiger partial charge in [-0.05, 0) is 67.8 Å². The van der Waals surface area contributed by atoms with E-state index in [2.05, 4.69) is 4.98 Å². The SMILES string of the molecule is COc1ccc(-c2nc(S(=O)(=O)c3ccc(OC)cc3)c(N3CCCCC3)o2)cc1. The number of aromatic nitrogens is 1. The van der Waals surface area contributed by atoms with Gasteiger partial charge in [-0.3, -0.25) is 0 Å². The first kappa shape index (κ1) is 20.3. The van der Waals surface area contributed by atoms with E-state index < -0.39 is 9.84 Å². The average Bonchev–Trinajstić information content (AvgIpc) is 3.26. The Bertz CT molecular complexity index is 1100. The van der Waals surface area contributed by atoms with E-state index >= 15 is 0 Å². The number of methoxy groups -OCH3 is 2. The van der Waals surface area contributed by atoms with E-state index in [1.165, 1.54) is 19.2 Å². The Morgan fingerprint density at radius 3 is 2.00 bits per heavy atom. The molecule has 0 aliphatic carbocycles. The first-order valence-electron chi connectivity index (χ1n) is 9.82. The topological polar surface area (TPSA) is 81.9 Å². The van der Waals surface area contributed by atoms with Crippen molar-refractivity contribution in [1.29, 1.82) is 0 Å². The Hall–Kier alpha value is -3.00. The fourth-order valence-electron chi connectivity index (χ4n) is 3.49. The number of rotatable bonds is 6. The van der Waals surface area contributed by atoms with Crippen molar-refractivity contribution >= 4 is 15.7 Å². The van der Waals surface area contributed by atoms with Crippen LogP contribution in [0.15, 0.2) is 62.9 Å². The fraction of sp³-hybridized carbons (Fsp3) is 0.318. The number of oxazole rings is 1. The number of piperidine rings is 1. The predicted octanol–water partition coefficient (Wildman–Crippen LogP) is 4.18. The van der Waals surface area contributed by atoms with Crippen LogP contribution < -0.4 is 14.4 Å². The highest BCUT2D eigenvalue weighted by Crippen LogP contribution is 2.36. The highest BCUT2D eigenvalue weighted by molar-refractivity contribution is 7.91. The zero-order valence-corrected chi connectivity index (χ0v) is 17.8. The molecule has 0 atom stereocenters. The molecule has 2 heterocycles. The summed E-state index contributed by atoms with van der Waals surface area (Å²) in [6.45, 7) is 1.48. The minimum Gasteiger partial charge on any atom is -0.497 e. The first-order chi connectivity index (χ1) is 14.5. The monoisotopic (exact) mass is 428 g/mol. The Kier molecular flexibility index (Phi) is 5.67. The van der Waals surface area contributed by atoms with E-state index in [9.17, 15) is 8.42 Å². The summed E-state index contributed by atoms with van der Waals surface area (Å²) >= 11 is 0. The number of hydrogen-bond acceptors (Lipinski definition) is 7. The Morgan fingerprint density at radius 2 is 1.43 bits per heavy atom. The Balaban J connectivity index is 1.80. The molecule has 0 bridgehead atoms. The lowest BCUT2D eigenvalue weighted by atomic mass is 10.1. The largest absolute Gasteiger partial charge is 0.497 e. The summed E-state index contributed by atoms with van der Waals surface area (Å²) in [6, 6.07) is 13.5. The van der Waals surface area contributed by atoms with Gasteiger partial charge in [0.15, 0.2) is 0 Å². The molecule has 7 nitrogen and oxygen atoms in total. The lowest BCUT2D eigenvalue weighted by Crippen LogP contribution is -2.30. The minimum absolute atomic E-state index is 0.0552. The van der Waals surface area contributed by atoms with Crippen molar-refractivity contribution in [3.63, 3.8) is 0 Å². The van der Waals surface area contributed by atoms with Gasteiger partial charge in [-0.15, -0.1) is 0 Å². The third-order valence-corrected chi connectivity index (χ3v) is 6.85. The summed E-state index contributed by atoms with van der Waals surface area (Å²) in [7, 11) is -0.741. The maximum absolute atomic E-state index is 13.4. The molecular formula is C22H24N2O5S. The van der Waals surface area contributed by atoms with Gasteiger partial charge < -0.3 is 18.8 Å². The third-order valence-electron chi connectivity index (χ3n) is 5.18. The van der Waals surface area contributed by atoms with E-state index in [1.807, 2.05) is 4.90 Å². The van der Waals surface area contributed by atoms with Gasteiger partial charge in [-0.2, -0.15) is 4.98 Å². The van der Waals surface area contributed by atoms with Gasteiger partial charge >= 0.3 is 0 Å². The van der Waals surface area contributed by atoms with E-state index in [-0.39, 0.29) is 15.8 Å². The molecule has 0 saturated carbocycles. The summed E-state index contributed by atoms with van der Waals surface area (Å²) in [5, 5.41) is -0.0552. The van der Waals surface area contributed by atoms with E-state index in [0.717, 1.165) is 32.4 Å². The van der Waals surface area contributed by atoms with Gasteiger partial charge in [0.05, 0.1) is 19.1 Å². The lowest BCUT2D eigenvalue weighted by Gasteiger charge is -2.26.